The van der Waals surface area contributed by atoms with Gasteiger partial charge in [0.2, 0.25) is 0 Å². The van der Waals surface area contributed by atoms with Gasteiger partial charge in [-0.15, -0.1) is 0 Å². The lowest BCUT2D eigenvalue weighted by Crippen LogP contribution is -2.37. The molecule has 1 aliphatic carbocycles. The van der Waals surface area contributed by atoms with Gasteiger partial charge in [-0.25, -0.2) is 0 Å². The summed E-state index contributed by atoms with van der Waals surface area (Å²) in [6.07, 6.45) is 9.77. The number of nitrogens with one attached hydrogen (secondary N) is 1. The van der Waals surface area contributed by atoms with Crippen molar-refractivity contribution in [2.75, 3.05) is 32.1 Å². The number of dihydropyridines is 1. The Morgan fingerprint density at radius 2 is 1.81 bits per heavy atom. The third kappa shape index (κ3) is 5.87. The fraction of sp³-hybridized carbons (Fsp3) is 0.517. The molecule has 3 nitrogen and oxygen atoms in total. The zero-order chi connectivity index (χ0) is 23.3. The molecule has 0 unspecified atom stereocenters. The molecular formula is C29H41N3. The van der Waals surface area contributed by atoms with Gasteiger partial charge < -0.3 is 10.2 Å². The van der Waals surface area contributed by atoms with Crippen molar-refractivity contribution in [2.45, 2.75) is 72.3 Å². The van der Waals surface area contributed by atoms with Crippen LogP contribution in [0, 0.1) is 18.8 Å². The molecule has 0 spiro atoms. The van der Waals surface area contributed by atoms with Crippen LogP contribution in [0.25, 0.3) is 0 Å². The first-order chi connectivity index (χ1) is 15.3. The summed E-state index contributed by atoms with van der Waals surface area (Å²) in [5, 5.41) is 3.43. The van der Waals surface area contributed by atoms with E-state index < -0.39 is 0 Å². The largest absolute Gasteiger partial charge is 0.369 e. The van der Waals surface area contributed by atoms with Gasteiger partial charge >= 0.3 is 0 Å². The molecular weight excluding hydrogens is 390 g/mol. The fourth-order valence-electron chi connectivity index (χ4n) is 5.07. The van der Waals surface area contributed by atoms with E-state index in [0.29, 0.717) is 6.04 Å². The first kappa shape index (κ1) is 24.2. The third-order valence-electron chi connectivity index (χ3n) is 6.77. The molecule has 0 atom stereocenters. The van der Waals surface area contributed by atoms with Gasteiger partial charge in [0.05, 0.1) is 6.54 Å². The third-order valence-corrected chi connectivity index (χ3v) is 6.77. The quantitative estimate of drug-likeness (QED) is 0.562. The maximum atomic E-state index is 4.31. The molecule has 1 aromatic carbocycles. The van der Waals surface area contributed by atoms with Gasteiger partial charge in [0.25, 0.3) is 0 Å². The number of hydrogen-bond acceptors (Lipinski definition) is 3. The fourth-order valence-corrected chi connectivity index (χ4v) is 5.07. The number of anilines is 1. The lowest BCUT2D eigenvalue weighted by molar-refractivity contribution is 0.418. The van der Waals surface area contributed by atoms with E-state index in [0.717, 1.165) is 36.5 Å². The molecule has 3 heteroatoms. The Morgan fingerprint density at radius 3 is 2.44 bits per heavy atom. The van der Waals surface area contributed by atoms with Crippen LogP contribution in [0.3, 0.4) is 0 Å². The smallest absolute Gasteiger partial charge is 0.0600 e. The topological polar surface area (TPSA) is 18.5 Å². The van der Waals surface area contributed by atoms with Crippen molar-refractivity contribution in [2.24, 2.45) is 0 Å². The van der Waals surface area contributed by atoms with E-state index in [2.05, 4.69) is 93.5 Å². The van der Waals surface area contributed by atoms with Crippen molar-refractivity contribution < 1.29 is 0 Å². The summed E-state index contributed by atoms with van der Waals surface area (Å²) in [5.74, 6) is 6.79. The van der Waals surface area contributed by atoms with Gasteiger partial charge in [-0.05, 0) is 95.1 Å². The normalized spacial score (nSPS) is 17.1. The van der Waals surface area contributed by atoms with Crippen molar-refractivity contribution >= 4 is 5.69 Å². The van der Waals surface area contributed by atoms with Crippen LogP contribution in [0.5, 0.6) is 0 Å². The summed E-state index contributed by atoms with van der Waals surface area (Å²) in [4.78, 5) is 4.76. The van der Waals surface area contributed by atoms with Gasteiger partial charge in [0.15, 0.2) is 0 Å². The molecule has 1 N–H and O–H groups in total. The Morgan fingerprint density at radius 1 is 1.09 bits per heavy atom. The Labute approximate surface area is 196 Å². The molecule has 1 aliphatic heterocycles. The SMILES string of the molecule is C=C1NC(C)=CC(C)=C1Cc1cc(C#CCN(C)C)cc(N(CC)C2CCCCC2)c1C. The summed E-state index contributed by atoms with van der Waals surface area (Å²) >= 11 is 0. The molecule has 0 bridgehead atoms. The van der Waals surface area contributed by atoms with Crippen LogP contribution in [0.1, 0.15) is 69.6 Å². The molecule has 0 radical (unpaired) electrons. The van der Waals surface area contributed by atoms with Crippen molar-refractivity contribution in [1.29, 1.82) is 0 Å². The Bertz CT molecular complexity index is 962. The van der Waals surface area contributed by atoms with Crippen LogP contribution in [0.15, 0.2) is 47.3 Å². The van der Waals surface area contributed by atoms with Crippen LogP contribution in [0.2, 0.25) is 0 Å². The minimum atomic E-state index is 0.642. The average molecular weight is 432 g/mol. The molecule has 1 aromatic rings. The van der Waals surface area contributed by atoms with E-state index in [4.69, 9.17) is 0 Å². The molecule has 172 valence electrons. The van der Waals surface area contributed by atoms with Crippen LogP contribution in [0.4, 0.5) is 5.69 Å². The Hall–Kier alpha value is -2.44. The summed E-state index contributed by atoms with van der Waals surface area (Å²) in [6, 6.07) is 5.27. The molecule has 0 saturated heterocycles. The highest BCUT2D eigenvalue weighted by atomic mass is 15.2. The van der Waals surface area contributed by atoms with Gasteiger partial charge in [-0.1, -0.05) is 37.7 Å². The summed E-state index contributed by atoms with van der Waals surface area (Å²) in [5.41, 5.74) is 10.0. The first-order valence-corrected chi connectivity index (χ1v) is 12.2. The van der Waals surface area contributed by atoms with Gasteiger partial charge in [-0.3, -0.25) is 4.90 Å². The van der Waals surface area contributed by atoms with Gasteiger partial charge in [-0.2, -0.15) is 0 Å². The van der Waals surface area contributed by atoms with Crippen molar-refractivity contribution in [3.05, 3.63) is 64.0 Å². The summed E-state index contributed by atoms with van der Waals surface area (Å²) in [7, 11) is 4.13. The standard InChI is InChI=1S/C29H41N3/c1-8-32(27-14-10-9-11-15-27)29-19-25(13-12-16-31(6)7)18-26(23(29)4)20-28-21(2)17-22(3)30-24(28)5/h17-19,27,30H,5,8-11,14-16,20H2,1-4,6-7H3. The predicted molar refractivity (Wildman–Crippen MR) is 139 cm³/mol. The van der Waals surface area contributed by atoms with E-state index in [1.54, 1.807) is 0 Å². The lowest BCUT2D eigenvalue weighted by Gasteiger charge is -2.37. The molecule has 1 saturated carbocycles. The summed E-state index contributed by atoms with van der Waals surface area (Å²) in [6.45, 7) is 15.0. The Balaban J connectivity index is 2.05. The maximum Gasteiger partial charge on any atom is 0.0600 e. The number of rotatable bonds is 6. The number of nitrogens with zero attached hydrogens (tertiary/aromatic N) is 2. The lowest BCUT2D eigenvalue weighted by atomic mass is 9.89. The zero-order valence-electron chi connectivity index (χ0n) is 21.1. The number of benzene rings is 1. The summed E-state index contributed by atoms with van der Waals surface area (Å²) < 4.78 is 0. The van der Waals surface area contributed by atoms with Crippen LogP contribution < -0.4 is 10.2 Å². The molecule has 32 heavy (non-hydrogen) atoms. The zero-order valence-corrected chi connectivity index (χ0v) is 21.1. The molecule has 2 aliphatic rings. The van der Waals surface area contributed by atoms with Crippen LogP contribution >= 0.6 is 0 Å². The first-order valence-electron chi connectivity index (χ1n) is 12.2. The van der Waals surface area contributed by atoms with Crippen LogP contribution in [-0.2, 0) is 6.42 Å². The minimum absolute atomic E-state index is 0.642. The van der Waals surface area contributed by atoms with E-state index in [1.807, 2.05) is 0 Å². The van der Waals surface area contributed by atoms with E-state index in [9.17, 15) is 0 Å². The highest BCUT2D eigenvalue weighted by Gasteiger charge is 2.23. The van der Waals surface area contributed by atoms with Crippen molar-refractivity contribution in [3.63, 3.8) is 0 Å². The maximum absolute atomic E-state index is 4.31. The van der Waals surface area contributed by atoms with E-state index in [1.165, 1.54) is 60.1 Å². The van der Waals surface area contributed by atoms with Gasteiger partial charge in [0, 0.05) is 41.7 Å². The van der Waals surface area contributed by atoms with E-state index >= 15 is 0 Å². The minimum Gasteiger partial charge on any atom is -0.369 e. The van der Waals surface area contributed by atoms with Crippen LogP contribution in [-0.4, -0.2) is 38.1 Å². The molecule has 0 amide bonds. The second-order valence-electron chi connectivity index (χ2n) is 9.67. The molecule has 1 fully saturated rings. The second kappa shape index (κ2) is 10.9. The highest BCUT2D eigenvalue weighted by molar-refractivity contribution is 5.63. The monoisotopic (exact) mass is 431 g/mol. The van der Waals surface area contributed by atoms with Gasteiger partial charge in [0.1, 0.15) is 0 Å². The second-order valence-corrected chi connectivity index (χ2v) is 9.67. The van der Waals surface area contributed by atoms with Crippen molar-refractivity contribution in [3.8, 4) is 11.8 Å². The number of hydrogen-bond donors (Lipinski definition) is 1. The van der Waals surface area contributed by atoms with E-state index in [-0.39, 0.29) is 0 Å². The number of allylic oxidation sites excluding steroid dienone is 4. The predicted octanol–water partition coefficient (Wildman–Crippen LogP) is 5.95. The molecule has 1 heterocycles. The molecule has 0 aromatic heterocycles. The average Bonchev–Trinajstić information content (AvgIpc) is 2.74. The highest BCUT2D eigenvalue weighted by Crippen LogP contribution is 2.34. The molecule has 3 rings (SSSR count). The Kier molecular flexibility index (Phi) is 8.26. The van der Waals surface area contributed by atoms with Crippen molar-refractivity contribution in [1.82, 2.24) is 10.2 Å².